The molecule has 2 aromatic rings. The molecule has 0 aliphatic carbocycles. The first-order chi connectivity index (χ1) is 9.79. The fourth-order valence-corrected chi connectivity index (χ4v) is 2.17. The van der Waals surface area contributed by atoms with E-state index in [1.807, 2.05) is 42.5 Å². The van der Waals surface area contributed by atoms with Crippen LogP contribution in [-0.2, 0) is 13.2 Å². The molecule has 0 fully saturated rings. The highest BCUT2D eigenvalue weighted by Gasteiger charge is 2.03. The van der Waals surface area contributed by atoms with Gasteiger partial charge in [0.05, 0.1) is 5.02 Å². The van der Waals surface area contributed by atoms with Crippen LogP contribution in [-0.4, -0.2) is 6.54 Å². The van der Waals surface area contributed by atoms with Crippen molar-refractivity contribution >= 4 is 24.0 Å². The first kappa shape index (κ1) is 17.8. The van der Waals surface area contributed by atoms with Crippen LogP contribution >= 0.6 is 24.0 Å². The third-order valence-electron chi connectivity index (χ3n) is 2.99. The minimum Gasteiger partial charge on any atom is -0.487 e. The Labute approximate surface area is 137 Å². The molecule has 2 nitrogen and oxygen atoms in total. The Morgan fingerprint density at radius 2 is 1.81 bits per heavy atom. The summed E-state index contributed by atoms with van der Waals surface area (Å²) in [5, 5.41) is 4.02. The molecule has 4 heteroatoms. The van der Waals surface area contributed by atoms with Crippen molar-refractivity contribution < 1.29 is 4.74 Å². The van der Waals surface area contributed by atoms with Crippen LogP contribution in [0, 0.1) is 0 Å². The molecule has 0 atom stereocenters. The molecule has 0 saturated heterocycles. The van der Waals surface area contributed by atoms with Gasteiger partial charge in [0.2, 0.25) is 0 Å². The Hall–Kier alpha value is -1.22. The Balaban J connectivity index is 0.00000220. The van der Waals surface area contributed by atoms with Gasteiger partial charge >= 0.3 is 0 Å². The Morgan fingerprint density at radius 1 is 1.05 bits per heavy atom. The largest absolute Gasteiger partial charge is 0.487 e. The maximum absolute atomic E-state index is 6.26. The molecule has 0 aliphatic rings. The number of halogens is 2. The number of hydrogen-bond acceptors (Lipinski definition) is 2. The van der Waals surface area contributed by atoms with Gasteiger partial charge in [-0.1, -0.05) is 54.9 Å². The third-order valence-corrected chi connectivity index (χ3v) is 3.28. The summed E-state index contributed by atoms with van der Waals surface area (Å²) in [7, 11) is 0. The average Bonchev–Trinajstić information content (AvgIpc) is 2.48. The van der Waals surface area contributed by atoms with E-state index in [0.29, 0.717) is 11.6 Å². The molecule has 0 saturated carbocycles. The third kappa shape index (κ3) is 5.96. The molecule has 2 rings (SSSR count). The van der Waals surface area contributed by atoms with Crippen molar-refractivity contribution in [3.8, 4) is 5.75 Å². The molecule has 0 bridgehead atoms. The average molecular weight is 326 g/mol. The van der Waals surface area contributed by atoms with Crippen LogP contribution in [0.1, 0.15) is 24.5 Å². The summed E-state index contributed by atoms with van der Waals surface area (Å²) in [6, 6.07) is 16.0. The van der Waals surface area contributed by atoms with E-state index in [-0.39, 0.29) is 12.4 Å². The molecule has 0 unspecified atom stereocenters. The highest BCUT2D eigenvalue weighted by atomic mass is 35.5. The molecule has 0 heterocycles. The lowest BCUT2D eigenvalue weighted by atomic mass is 10.2. The maximum Gasteiger partial charge on any atom is 0.138 e. The molecular formula is C17H21Cl2NO. The van der Waals surface area contributed by atoms with Gasteiger partial charge in [-0.2, -0.15) is 0 Å². The van der Waals surface area contributed by atoms with Crippen LogP contribution < -0.4 is 10.1 Å². The monoisotopic (exact) mass is 325 g/mol. The zero-order chi connectivity index (χ0) is 14.2. The molecule has 0 amide bonds. The first-order valence-corrected chi connectivity index (χ1v) is 7.33. The molecule has 114 valence electrons. The van der Waals surface area contributed by atoms with Gasteiger partial charge in [0.25, 0.3) is 0 Å². The minimum absolute atomic E-state index is 0. The standard InChI is InChI=1S/C17H20ClNO.ClH/c1-2-10-19-12-15-8-9-17(16(18)11-15)20-13-14-6-4-3-5-7-14;/h3-9,11,19H,2,10,12-13H2,1H3;1H. The fourth-order valence-electron chi connectivity index (χ4n) is 1.92. The van der Waals surface area contributed by atoms with E-state index in [1.165, 1.54) is 5.56 Å². The predicted molar refractivity (Wildman–Crippen MR) is 91.5 cm³/mol. The summed E-state index contributed by atoms with van der Waals surface area (Å²) in [5.41, 5.74) is 2.31. The van der Waals surface area contributed by atoms with Crippen LogP contribution in [0.15, 0.2) is 48.5 Å². The van der Waals surface area contributed by atoms with E-state index >= 15 is 0 Å². The van der Waals surface area contributed by atoms with Crippen LogP contribution in [0.2, 0.25) is 5.02 Å². The summed E-state index contributed by atoms with van der Waals surface area (Å²) in [6.45, 7) is 4.55. The van der Waals surface area contributed by atoms with Crippen LogP contribution in [0.3, 0.4) is 0 Å². The van der Waals surface area contributed by atoms with Gasteiger partial charge in [0, 0.05) is 6.54 Å². The van der Waals surface area contributed by atoms with Gasteiger partial charge in [-0.3, -0.25) is 0 Å². The predicted octanol–water partition coefficient (Wildman–Crippen LogP) is 4.84. The van der Waals surface area contributed by atoms with Gasteiger partial charge in [0.1, 0.15) is 12.4 Å². The van der Waals surface area contributed by atoms with Crippen molar-refractivity contribution in [2.24, 2.45) is 0 Å². The second kappa shape index (κ2) is 9.67. The summed E-state index contributed by atoms with van der Waals surface area (Å²) >= 11 is 6.26. The number of rotatable bonds is 7. The molecule has 1 N–H and O–H groups in total. The van der Waals surface area contributed by atoms with Crippen molar-refractivity contribution in [3.63, 3.8) is 0 Å². The number of hydrogen-bond donors (Lipinski definition) is 1. The van der Waals surface area contributed by atoms with Gasteiger partial charge in [0.15, 0.2) is 0 Å². The molecule has 2 aromatic carbocycles. The van der Waals surface area contributed by atoms with E-state index in [9.17, 15) is 0 Å². The fraction of sp³-hybridized carbons (Fsp3) is 0.294. The van der Waals surface area contributed by atoms with Gasteiger partial charge < -0.3 is 10.1 Å². The highest BCUT2D eigenvalue weighted by molar-refractivity contribution is 6.32. The zero-order valence-corrected chi connectivity index (χ0v) is 13.7. The van der Waals surface area contributed by atoms with Crippen molar-refractivity contribution in [3.05, 3.63) is 64.7 Å². The number of nitrogens with one attached hydrogen (secondary N) is 1. The summed E-state index contributed by atoms with van der Waals surface area (Å²) in [6.07, 6.45) is 1.13. The smallest absolute Gasteiger partial charge is 0.138 e. The lowest BCUT2D eigenvalue weighted by Gasteiger charge is -2.10. The zero-order valence-electron chi connectivity index (χ0n) is 12.1. The van der Waals surface area contributed by atoms with Crippen LogP contribution in [0.4, 0.5) is 0 Å². The topological polar surface area (TPSA) is 21.3 Å². The van der Waals surface area contributed by atoms with Crippen LogP contribution in [0.5, 0.6) is 5.75 Å². The van der Waals surface area contributed by atoms with E-state index in [2.05, 4.69) is 18.3 Å². The van der Waals surface area contributed by atoms with Crippen molar-refractivity contribution in [2.75, 3.05) is 6.54 Å². The molecule has 0 radical (unpaired) electrons. The molecular weight excluding hydrogens is 305 g/mol. The Morgan fingerprint density at radius 3 is 2.48 bits per heavy atom. The molecule has 0 aliphatic heterocycles. The maximum atomic E-state index is 6.26. The Kier molecular flexibility index (Phi) is 8.21. The first-order valence-electron chi connectivity index (χ1n) is 6.95. The lowest BCUT2D eigenvalue weighted by molar-refractivity contribution is 0.306. The van der Waals surface area contributed by atoms with E-state index in [0.717, 1.165) is 30.8 Å². The summed E-state index contributed by atoms with van der Waals surface area (Å²) in [4.78, 5) is 0. The van der Waals surface area contributed by atoms with Crippen molar-refractivity contribution in [2.45, 2.75) is 26.5 Å². The van der Waals surface area contributed by atoms with Crippen molar-refractivity contribution in [1.29, 1.82) is 0 Å². The van der Waals surface area contributed by atoms with Gasteiger partial charge in [-0.05, 0) is 36.2 Å². The van der Waals surface area contributed by atoms with E-state index < -0.39 is 0 Å². The SMILES string of the molecule is CCCNCc1ccc(OCc2ccccc2)c(Cl)c1.Cl. The summed E-state index contributed by atoms with van der Waals surface area (Å²) < 4.78 is 5.75. The lowest BCUT2D eigenvalue weighted by Crippen LogP contribution is -2.13. The van der Waals surface area contributed by atoms with Crippen LogP contribution in [0.25, 0.3) is 0 Å². The van der Waals surface area contributed by atoms with Crippen molar-refractivity contribution in [1.82, 2.24) is 5.32 Å². The van der Waals surface area contributed by atoms with E-state index in [1.54, 1.807) is 0 Å². The molecule has 0 aromatic heterocycles. The van der Waals surface area contributed by atoms with Gasteiger partial charge in [-0.15, -0.1) is 12.4 Å². The number of ether oxygens (including phenoxy) is 1. The second-order valence-electron chi connectivity index (χ2n) is 4.72. The normalized spacial score (nSPS) is 10.0. The van der Waals surface area contributed by atoms with E-state index in [4.69, 9.17) is 16.3 Å². The summed E-state index contributed by atoms with van der Waals surface area (Å²) in [5.74, 6) is 0.731. The molecule has 0 spiro atoms. The van der Waals surface area contributed by atoms with Gasteiger partial charge in [-0.25, -0.2) is 0 Å². The molecule has 21 heavy (non-hydrogen) atoms. The second-order valence-corrected chi connectivity index (χ2v) is 5.12. The number of benzene rings is 2. The highest BCUT2D eigenvalue weighted by Crippen LogP contribution is 2.26. The minimum atomic E-state index is 0. The quantitative estimate of drug-likeness (QED) is 0.735. The Bertz CT molecular complexity index is 532.